The molecule has 1 heterocycles. The highest BCUT2D eigenvalue weighted by atomic mass is 19.1. The summed E-state index contributed by atoms with van der Waals surface area (Å²) in [4.78, 5) is 13.3. The molecule has 1 amide bonds. The molecule has 1 aliphatic carbocycles. The van der Waals surface area contributed by atoms with Crippen LogP contribution in [0.3, 0.4) is 0 Å². The summed E-state index contributed by atoms with van der Waals surface area (Å²) in [6, 6.07) is 23.9. The number of amides is 1. The first kappa shape index (κ1) is 23.3. The molecule has 35 heavy (non-hydrogen) atoms. The standard InChI is InChI=1S/C31H33FN2O/c1-22-8-7-9-24(18-22)28(19-31(35)33-26-10-3-2-4-11-26)29-21-34(30-13-6-5-12-27(29)30)20-23-14-16-25(32)17-15-23/h5-9,12-18,21,26,28H,2-4,10-11,19-20H2,1H3,(H,33,35). The molecule has 1 fully saturated rings. The summed E-state index contributed by atoms with van der Waals surface area (Å²) < 4.78 is 15.7. The molecule has 3 aromatic carbocycles. The van der Waals surface area contributed by atoms with Crippen LogP contribution >= 0.6 is 0 Å². The van der Waals surface area contributed by atoms with Crippen LogP contribution in [0.25, 0.3) is 10.9 Å². The average Bonchev–Trinajstić information content (AvgIpc) is 3.23. The molecule has 180 valence electrons. The Morgan fingerprint density at radius 2 is 1.77 bits per heavy atom. The quantitative estimate of drug-likeness (QED) is 0.308. The molecule has 0 bridgehead atoms. The van der Waals surface area contributed by atoms with Crippen molar-refractivity contribution in [3.8, 4) is 0 Å². The van der Waals surface area contributed by atoms with Crippen LogP contribution in [0.2, 0.25) is 0 Å². The number of halogens is 1. The van der Waals surface area contributed by atoms with E-state index in [4.69, 9.17) is 0 Å². The van der Waals surface area contributed by atoms with E-state index in [0.29, 0.717) is 19.0 Å². The van der Waals surface area contributed by atoms with Crippen molar-refractivity contribution in [1.29, 1.82) is 0 Å². The minimum Gasteiger partial charge on any atom is -0.353 e. The summed E-state index contributed by atoms with van der Waals surface area (Å²) in [5.74, 6) is -0.146. The maximum Gasteiger partial charge on any atom is 0.221 e. The first-order valence-corrected chi connectivity index (χ1v) is 12.7. The predicted octanol–water partition coefficient (Wildman–Crippen LogP) is 7.11. The number of hydrogen-bond donors (Lipinski definition) is 1. The van der Waals surface area contributed by atoms with Gasteiger partial charge >= 0.3 is 0 Å². The molecule has 5 rings (SSSR count). The fourth-order valence-corrected chi connectivity index (χ4v) is 5.48. The van der Waals surface area contributed by atoms with Crippen molar-refractivity contribution >= 4 is 16.8 Å². The second-order valence-corrected chi connectivity index (χ2v) is 9.93. The van der Waals surface area contributed by atoms with Gasteiger partial charge in [-0.3, -0.25) is 4.79 Å². The molecule has 0 saturated heterocycles. The lowest BCUT2D eigenvalue weighted by molar-refractivity contribution is -0.122. The zero-order valence-corrected chi connectivity index (χ0v) is 20.3. The van der Waals surface area contributed by atoms with E-state index in [1.165, 1.54) is 37.0 Å². The highest BCUT2D eigenvalue weighted by Gasteiger charge is 2.24. The minimum atomic E-state index is -0.227. The van der Waals surface area contributed by atoms with Gasteiger partial charge < -0.3 is 9.88 Å². The number of aromatic nitrogens is 1. The van der Waals surface area contributed by atoms with Gasteiger partial charge in [0.05, 0.1) is 0 Å². The highest BCUT2D eigenvalue weighted by Crippen LogP contribution is 2.35. The number of aryl methyl sites for hydroxylation is 1. The van der Waals surface area contributed by atoms with Crippen molar-refractivity contribution in [3.63, 3.8) is 0 Å². The van der Waals surface area contributed by atoms with Gasteiger partial charge in [-0.1, -0.05) is 79.4 Å². The van der Waals surface area contributed by atoms with Gasteiger partial charge in [0.1, 0.15) is 5.82 Å². The van der Waals surface area contributed by atoms with E-state index in [1.54, 1.807) is 0 Å². The lowest BCUT2D eigenvalue weighted by atomic mass is 9.87. The van der Waals surface area contributed by atoms with Crippen molar-refractivity contribution < 1.29 is 9.18 Å². The molecule has 4 aromatic rings. The summed E-state index contributed by atoms with van der Waals surface area (Å²) in [7, 11) is 0. The Morgan fingerprint density at radius 3 is 2.54 bits per heavy atom. The molecule has 4 heteroatoms. The molecular formula is C31H33FN2O. The van der Waals surface area contributed by atoms with E-state index in [0.717, 1.165) is 40.4 Å². The largest absolute Gasteiger partial charge is 0.353 e. The van der Waals surface area contributed by atoms with Crippen LogP contribution in [0.15, 0.2) is 79.0 Å². The maximum absolute atomic E-state index is 13.5. The van der Waals surface area contributed by atoms with Crippen molar-refractivity contribution in [2.75, 3.05) is 0 Å². The third-order valence-corrected chi connectivity index (χ3v) is 7.27. The molecule has 3 nitrogen and oxygen atoms in total. The minimum absolute atomic E-state index is 0.0436. The average molecular weight is 469 g/mol. The van der Waals surface area contributed by atoms with E-state index in [-0.39, 0.29) is 17.6 Å². The van der Waals surface area contributed by atoms with Gasteiger partial charge in [-0.25, -0.2) is 4.39 Å². The monoisotopic (exact) mass is 468 g/mol. The van der Waals surface area contributed by atoms with E-state index in [1.807, 2.05) is 18.2 Å². The number of carbonyl (C=O) groups excluding carboxylic acids is 1. The summed E-state index contributed by atoms with van der Waals surface area (Å²) in [5.41, 5.74) is 5.67. The van der Waals surface area contributed by atoms with Crippen LogP contribution in [0.1, 0.15) is 66.7 Å². The number of para-hydroxylation sites is 1. The number of benzene rings is 3. The number of nitrogens with one attached hydrogen (secondary N) is 1. The molecule has 1 aromatic heterocycles. The molecular weight excluding hydrogens is 435 g/mol. The molecule has 1 atom stereocenters. The topological polar surface area (TPSA) is 34.0 Å². The first-order chi connectivity index (χ1) is 17.1. The van der Waals surface area contributed by atoms with E-state index in [2.05, 4.69) is 65.5 Å². The van der Waals surface area contributed by atoms with Crippen LogP contribution in [0.5, 0.6) is 0 Å². The van der Waals surface area contributed by atoms with Gasteiger partial charge in [-0.2, -0.15) is 0 Å². The van der Waals surface area contributed by atoms with E-state index in [9.17, 15) is 9.18 Å². The lowest BCUT2D eigenvalue weighted by Crippen LogP contribution is -2.36. The molecule has 1 aliphatic rings. The molecule has 0 aliphatic heterocycles. The van der Waals surface area contributed by atoms with Crippen LogP contribution in [-0.2, 0) is 11.3 Å². The van der Waals surface area contributed by atoms with Crippen molar-refractivity contribution in [2.24, 2.45) is 0 Å². The second kappa shape index (κ2) is 10.5. The van der Waals surface area contributed by atoms with Gasteiger partial charge in [0.15, 0.2) is 0 Å². The Balaban J connectivity index is 1.51. The zero-order chi connectivity index (χ0) is 24.2. The molecule has 0 radical (unpaired) electrons. The SMILES string of the molecule is Cc1cccc(C(CC(=O)NC2CCCCC2)c2cn(Cc3ccc(F)cc3)c3ccccc23)c1. The molecule has 0 spiro atoms. The maximum atomic E-state index is 13.5. The second-order valence-electron chi connectivity index (χ2n) is 9.93. The number of nitrogens with zero attached hydrogens (tertiary/aromatic N) is 1. The third-order valence-electron chi connectivity index (χ3n) is 7.27. The van der Waals surface area contributed by atoms with Gasteiger partial charge in [0, 0.05) is 42.0 Å². The van der Waals surface area contributed by atoms with E-state index >= 15 is 0 Å². The Bertz CT molecular complexity index is 1300. The number of hydrogen-bond acceptors (Lipinski definition) is 1. The summed E-state index contributed by atoms with van der Waals surface area (Å²) in [5, 5.41) is 4.48. The molecule has 1 saturated carbocycles. The van der Waals surface area contributed by atoms with E-state index < -0.39 is 0 Å². The first-order valence-electron chi connectivity index (χ1n) is 12.7. The number of rotatable bonds is 7. The van der Waals surface area contributed by atoms with Gasteiger partial charge in [0.25, 0.3) is 0 Å². The Labute approximate surface area is 207 Å². The van der Waals surface area contributed by atoms with Crippen LogP contribution in [0.4, 0.5) is 4.39 Å². The van der Waals surface area contributed by atoms with Gasteiger partial charge in [-0.05, 0) is 54.7 Å². The molecule has 1 unspecified atom stereocenters. The van der Waals surface area contributed by atoms with Crippen molar-refractivity contribution in [1.82, 2.24) is 9.88 Å². The van der Waals surface area contributed by atoms with Crippen LogP contribution < -0.4 is 5.32 Å². The van der Waals surface area contributed by atoms with Gasteiger partial charge in [0.2, 0.25) is 5.91 Å². The lowest BCUT2D eigenvalue weighted by Gasteiger charge is -2.24. The van der Waals surface area contributed by atoms with Gasteiger partial charge in [-0.15, -0.1) is 0 Å². The predicted molar refractivity (Wildman–Crippen MR) is 140 cm³/mol. The normalized spacial score (nSPS) is 15.3. The third kappa shape index (κ3) is 5.48. The number of fused-ring (bicyclic) bond motifs is 1. The fourth-order valence-electron chi connectivity index (χ4n) is 5.48. The highest BCUT2D eigenvalue weighted by molar-refractivity contribution is 5.87. The summed E-state index contributed by atoms with van der Waals surface area (Å²) >= 11 is 0. The number of carbonyl (C=O) groups is 1. The van der Waals surface area contributed by atoms with Crippen molar-refractivity contribution in [3.05, 3.63) is 107 Å². The Hall–Kier alpha value is -3.40. The summed E-state index contributed by atoms with van der Waals surface area (Å²) in [6.45, 7) is 2.75. The Morgan fingerprint density at radius 1 is 1.00 bits per heavy atom. The zero-order valence-electron chi connectivity index (χ0n) is 20.3. The molecule has 1 N–H and O–H groups in total. The summed E-state index contributed by atoms with van der Waals surface area (Å²) in [6.07, 6.45) is 8.44. The van der Waals surface area contributed by atoms with Crippen molar-refractivity contribution in [2.45, 2.75) is 64.0 Å². The van der Waals surface area contributed by atoms with Crippen LogP contribution in [0, 0.1) is 12.7 Å². The smallest absolute Gasteiger partial charge is 0.221 e. The van der Waals surface area contributed by atoms with Crippen LogP contribution in [-0.4, -0.2) is 16.5 Å². The Kier molecular flexibility index (Phi) is 6.98. The fraction of sp³-hybridized carbons (Fsp3) is 0.323.